The van der Waals surface area contributed by atoms with Crippen LogP contribution in [0.25, 0.3) is 0 Å². The highest BCUT2D eigenvalue weighted by atomic mass is 16.3. The van der Waals surface area contributed by atoms with Crippen molar-refractivity contribution in [3.05, 3.63) is 23.8 Å². The number of phenols is 2. The Morgan fingerprint density at radius 1 is 1.40 bits per heavy atom. The minimum absolute atomic E-state index is 0.204. The van der Waals surface area contributed by atoms with Gasteiger partial charge in [0.25, 0.3) is 5.91 Å². The zero-order valence-corrected chi connectivity index (χ0v) is 11.1. The highest BCUT2D eigenvalue weighted by Crippen LogP contribution is 2.27. The van der Waals surface area contributed by atoms with Crippen molar-refractivity contribution in [1.82, 2.24) is 10.3 Å². The number of hydrogen-bond donors (Lipinski definition) is 3. The largest absolute Gasteiger partial charge is 0.504 e. The second-order valence-electron chi connectivity index (χ2n) is 4.69. The quantitative estimate of drug-likeness (QED) is 0.438. The molecule has 1 fully saturated rings. The number of amides is 3. The number of carbonyl (C=O) groups excluding carboxylic acids is 2. The van der Waals surface area contributed by atoms with Crippen molar-refractivity contribution in [3.63, 3.8) is 0 Å². The number of hydrogen-bond acceptors (Lipinski definition) is 5. The van der Waals surface area contributed by atoms with Crippen molar-refractivity contribution in [2.45, 2.75) is 25.8 Å². The Hall–Kier alpha value is -2.57. The predicted molar refractivity (Wildman–Crippen MR) is 71.4 cm³/mol. The number of nitrogens with zero attached hydrogens (tertiary/aromatic N) is 2. The number of benzene rings is 1. The molecule has 20 heavy (non-hydrogen) atoms. The molecule has 0 saturated carbocycles. The van der Waals surface area contributed by atoms with E-state index in [4.69, 9.17) is 0 Å². The molecule has 3 amide bonds. The van der Waals surface area contributed by atoms with Crippen LogP contribution in [0.3, 0.4) is 0 Å². The molecular formula is C13H15N3O4. The van der Waals surface area contributed by atoms with Crippen LogP contribution >= 0.6 is 0 Å². The van der Waals surface area contributed by atoms with E-state index in [0.717, 1.165) is 6.21 Å². The second-order valence-corrected chi connectivity index (χ2v) is 4.69. The first-order chi connectivity index (χ1) is 9.39. The summed E-state index contributed by atoms with van der Waals surface area (Å²) in [5.74, 6) is -1.12. The Bertz CT molecular complexity index is 599. The molecule has 0 spiro atoms. The number of urea groups is 1. The van der Waals surface area contributed by atoms with Crippen LogP contribution in [0.5, 0.6) is 11.5 Å². The zero-order chi connectivity index (χ0) is 14.9. The molecule has 0 radical (unpaired) electrons. The number of phenolic OH excluding ortho intramolecular Hbond substituents is 2. The summed E-state index contributed by atoms with van der Waals surface area (Å²) < 4.78 is 0. The maximum absolute atomic E-state index is 12.1. The van der Waals surface area contributed by atoms with Gasteiger partial charge >= 0.3 is 6.03 Å². The van der Waals surface area contributed by atoms with Crippen LogP contribution in [0.2, 0.25) is 0 Å². The van der Waals surface area contributed by atoms with E-state index < -0.39 is 17.5 Å². The van der Waals surface area contributed by atoms with Crippen LogP contribution in [-0.4, -0.2) is 38.9 Å². The summed E-state index contributed by atoms with van der Waals surface area (Å²) in [6, 6.07) is 3.71. The lowest BCUT2D eigenvalue weighted by atomic mass is 10.00. The molecule has 1 aromatic rings. The molecular weight excluding hydrogens is 262 g/mol. The van der Waals surface area contributed by atoms with Crippen LogP contribution in [0, 0.1) is 0 Å². The van der Waals surface area contributed by atoms with Crippen molar-refractivity contribution >= 4 is 18.2 Å². The molecule has 1 heterocycles. The number of para-hydroxylation sites is 1. The van der Waals surface area contributed by atoms with Crippen LogP contribution in [0.4, 0.5) is 4.79 Å². The molecule has 7 nitrogen and oxygen atoms in total. The number of carbonyl (C=O) groups is 2. The summed E-state index contributed by atoms with van der Waals surface area (Å²) in [5, 5.41) is 26.0. The Morgan fingerprint density at radius 3 is 2.70 bits per heavy atom. The Balaban J connectivity index is 2.26. The summed E-state index contributed by atoms with van der Waals surface area (Å²) in [7, 11) is 0. The number of aromatic hydroxyl groups is 2. The molecule has 1 saturated heterocycles. The highest BCUT2D eigenvalue weighted by Gasteiger charge is 2.46. The Kier molecular flexibility index (Phi) is 3.35. The fraction of sp³-hybridized carbons (Fsp3) is 0.308. The smallest absolute Gasteiger partial charge is 0.346 e. The van der Waals surface area contributed by atoms with E-state index in [1.165, 1.54) is 18.2 Å². The van der Waals surface area contributed by atoms with E-state index in [9.17, 15) is 19.8 Å². The molecule has 2 rings (SSSR count). The Labute approximate surface area is 115 Å². The molecule has 1 atom stereocenters. The van der Waals surface area contributed by atoms with Gasteiger partial charge in [-0.3, -0.25) is 4.79 Å². The molecule has 0 unspecified atom stereocenters. The van der Waals surface area contributed by atoms with Crippen molar-refractivity contribution in [3.8, 4) is 11.5 Å². The normalized spacial score (nSPS) is 22.6. The predicted octanol–water partition coefficient (Wildman–Crippen LogP) is 1.15. The molecule has 0 aliphatic carbocycles. The van der Waals surface area contributed by atoms with Gasteiger partial charge in [-0.05, 0) is 25.5 Å². The van der Waals surface area contributed by atoms with Gasteiger partial charge in [0.15, 0.2) is 11.5 Å². The third kappa shape index (κ3) is 2.18. The van der Waals surface area contributed by atoms with Crippen LogP contribution in [0.15, 0.2) is 23.3 Å². The van der Waals surface area contributed by atoms with Crippen molar-refractivity contribution in [1.29, 1.82) is 0 Å². The van der Waals surface area contributed by atoms with Crippen LogP contribution in [0.1, 0.15) is 25.8 Å². The fourth-order valence-electron chi connectivity index (χ4n) is 1.79. The summed E-state index contributed by atoms with van der Waals surface area (Å²) in [4.78, 5) is 23.8. The third-order valence-corrected chi connectivity index (χ3v) is 3.30. The average Bonchev–Trinajstić information content (AvgIpc) is 2.63. The second kappa shape index (κ2) is 4.84. The van der Waals surface area contributed by atoms with Gasteiger partial charge in [0.2, 0.25) is 0 Å². The number of rotatable bonds is 3. The molecule has 0 aromatic heterocycles. The Morgan fingerprint density at radius 2 is 2.10 bits per heavy atom. The lowest BCUT2D eigenvalue weighted by molar-refractivity contribution is -0.130. The molecule has 7 heteroatoms. The number of nitrogens with one attached hydrogen (secondary N) is 1. The van der Waals surface area contributed by atoms with E-state index in [1.54, 1.807) is 13.8 Å². The maximum atomic E-state index is 12.1. The van der Waals surface area contributed by atoms with E-state index in [-0.39, 0.29) is 17.1 Å². The SMILES string of the molecule is CC[C@@]1(C)NC(=O)N(/N=C/c2cccc(O)c2O)C1=O. The van der Waals surface area contributed by atoms with Crippen molar-refractivity contribution in [2.24, 2.45) is 5.10 Å². The van der Waals surface area contributed by atoms with Gasteiger partial charge in [-0.1, -0.05) is 13.0 Å². The summed E-state index contributed by atoms with van der Waals surface area (Å²) in [6.07, 6.45) is 1.59. The summed E-state index contributed by atoms with van der Waals surface area (Å²) >= 11 is 0. The third-order valence-electron chi connectivity index (χ3n) is 3.30. The van der Waals surface area contributed by atoms with E-state index in [0.29, 0.717) is 11.4 Å². The van der Waals surface area contributed by atoms with Crippen LogP contribution < -0.4 is 5.32 Å². The van der Waals surface area contributed by atoms with Crippen molar-refractivity contribution < 1.29 is 19.8 Å². The van der Waals surface area contributed by atoms with Crippen LogP contribution in [-0.2, 0) is 4.79 Å². The zero-order valence-electron chi connectivity index (χ0n) is 11.1. The van der Waals surface area contributed by atoms with Gasteiger partial charge in [0.05, 0.1) is 6.21 Å². The topological polar surface area (TPSA) is 102 Å². The average molecular weight is 277 g/mol. The van der Waals surface area contributed by atoms with Crippen molar-refractivity contribution in [2.75, 3.05) is 0 Å². The van der Waals surface area contributed by atoms with Gasteiger partial charge in [-0.2, -0.15) is 5.10 Å². The minimum Gasteiger partial charge on any atom is -0.504 e. The van der Waals surface area contributed by atoms with Gasteiger partial charge in [0, 0.05) is 5.56 Å². The van der Waals surface area contributed by atoms with E-state index in [1.807, 2.05) is 0 Å². The standard InChI is InChI=1S/C13H15N3O4/c1-3-13(2)11(19)16(12(20)15-13)14-7-8-5-4-6-9(17)10(8)18/h4-7,17-18H,3H2,1-2H3,(H,15,20)/b14-7+/t13-/m1/s1. The van der Waals surface area contributed by atoms with Gasteiger partial charge in [-0.25, -0.2) is 4.79 Å². The number of hydrazone groups is 1. The molecule has 1 aliphatic heterocycles. The first kappa shape index (κ1) is 13.9. The maximum Gasteiger partial charge on any atom is 0.346 e. The lowest BCUT2D eigenvalue weighted by Crippen LogP contribution is -2.42. The highest BCUT2D eigenvalue weighted by molar-refractivity contribution is 6.07. The van der Waals surface area contributed by atoms with Gasteiger partial charge in [0.1, 0.15) is 5.54 Å². The molecule has 106 valence electrons. The monoisotopic (exact) mass is 277 g/mol. The first-order valence-corrected chi connectivity index (χ1v) is 6.10. The minimum atomic E-state index is -0.963. The number of imide groups is 1. The van der Waals surface area contributed by atoms with E-state index in [2.05, 4.69) is 10.4 Å². The first-order valence-electron chi connectivity index (χ1n) is 6.10. The molecule has 0 bridgehead atoms. The fourth-order valence-corrected chi connectivity index (χ4v) is 1.79. The van der Waals surface area contributed by atoms with Gasteiger partial charge < -0.3 is 15.5 Å². The summed E-state index contributed by atoms with van der Waals surface area (Å²) in [5.41, 5.74) is -0.759. The van der Waals surface area contributed by atoms with E-state index >= 15 is 0 Å². The molecule has 3 N–H and O–H groups in total. The molecule has 1 aliphatic rings. The summed E-state index contributed by atoms with van der Waals surface area (Å²) in [6.45, 7) is 3.40. The lowest BCUT2D eigenvalue weighted by Gasteiger charge is -2.17. The molecule has 1 aromatic carbocycles. The van der Waals surface area contributed by atoms with Gasteiger partial charge in [-0.15, -0.1) is 5.01 Å².